The molecule has 1 aliphatic carbocycles. The number of allylic oxidation sites excluding steroid dienone is 3. The van der Waals surface area contributed by atoms with E-state index in [1.54, 1.807) is 0 Å². The molecule has 0 aromatic heterocycles. The highest BCUT2D eigenvalue weighted by atomic mass is 16.4. The van der Waals surface area contributed by atoms with Gasteiger partial charge in [0.15, 0.2) is 0 Å². The number of benzene rings is 3. The number of amides is 1. The number of hydrogen-bond donors (Lipinski definition) is 2. The van der Waals surface area contributed by atoms with E-state index in [1.165, 1.54) is 0 Å². The fourth-order valence-electron chi connectivity index (χ4n) is 5.59. The van der Waals surface area contributed by atoms with Crippen molar-refractivity contribution in [2.75, 3.05) is 23.9 Å². The van der Waals surface area contributed by atoms with E-state index in [4.69, 9.17) is 5.11 Å². The minimum absolute atomic E-state index is 0.0225. The van der Waals surface area contributed by atoms with Gasteiger partial charge in [-0.1, -0.05) is 78.9 Å². The summed E-state index contributed by atoms with van der Waals surface area (Å²) < 4.78 is 0. The van der Waals surface area contributed by atoms with Crippen molar-refractivity contribution >= 4 is 23.3 Å². The second kappa shape index (κ2) is 10.1. The van der Waals surface area contributed by atoms with E-state index in [0.29, 0.717) is 5.69 Å². The Balaban J connectivity index is 1.61. The Kier molecular flexibility index (Phi) is 6.68. The van der Waals surface area contributed by atoms with E-state index in [1.807, 2.05) is 78.8 Å². The van der Waals surface area contributed by atoms with Crippen LogP contribution in [0.4, 0.5) is 11.4 Å². The molecule has 188 valence electrons. The Morgan fingerprint density at radius 3 is 2.51 bits per heavy atom. The highest BCUT2D eigenvalue weighted by molar-refractivity contribution is 6.04. The van der Waals surface area contributed by atoms with E-state index < -0.39 is 11.4 Å². The van der Waals surface area contributed by atoms with Crippen LogP contribution >= 0.6 is 0 Å². The minimum Gasteiger partial charge on any atom is -0.480 e. The zero-order valence-corrected chi connectivity index (χ0v) is 21.1. The van der Waals surface area contributed by atoms with Gasteiger partial charge in [-0.2, -0.15) is 0 Å². The van der Waals surface area contributed by atoms with Crippen LogP contribution in [0.5, 0.6) is 0 Å². The average molecular weight is 494 g/mol. The molecule has 1 fully saturated rings. The molecule has 2 aliphatic rings. The van der Waals surface area contributed by atoms with Crippen molar-refractivity contribution in [2.45, 2.75) is 25.8 Å². The molecule has 0 radical (unpaired) electrons. The summed E-state index contributed by atoms with van der Waals surface area (Å²) in [6.45, 7) is 1.89. The fraction of sp³-hybridized carbons (Fsp3) is 0.226. The lowest BCUT2D eigenvalue weighted by Gasteiger charge is -2.33. The van der Waals surface area contributed by atoms with Gasteiger partial charge in [-0.15, -0.1) is 0 Å². The third-order valence-electron chi connectivity index (χ3n) is 7.33. The smallest absolute Gasteiger partial charge is 0.322 e. The van der Waals surface area contributed by atoms with Crippen molar-refractivity contribution in [3.63, 3.8) is 0 Å². The Labute approximate surface area is 217 Å². The molecule has 37 heavy (non-hydrogen) atoms. The van der Waals surface area contributed by atoms with Crippen LogP contribution < -0.4 is 10.3 Å². The van der Waals surface area contributed by atoms with Crippen LogP contribution in [-0.4, -0.2) is 35.6 Å². The number of carbonyl (C=O) groups excluding carboxylic acids is 1. The monoisotopic (exact) mass is 493 g/mol. The van der Waals surface area contributed by atoms with Gasteiger partial charge in [-0.25, -0.2) is 10.0 Å². The second-order valence-corrected chi connectivity index (χ2v) is 9.69. The van der Waals surface area contributed by atoms with Gasteiger partial charge >= 0.3 is 5.97 Å². The predicted octanol–water partition coefficient (Wildman–Crippen LogP) is 6.07. The Morgan fingerprint density at radius 1 is 1.03 bits per heavy atom. The van der Waals surface area contributed by atoms with Gasteiger partial charge in [-0.05, 0) is 54.7 Å². The molecule has 0 spiro atoms. The summed E-state index contributed by atoms with van der Waals surface area (Å²) in [6, 6.07) is 25.5. The fourth-order valence-corrected chi connectivity index (χ4v) is 5.59. The molecule has 1 heterocycles. The number of nitrogens with zero attached hydrogens (tertiary/aromatic N) is 2. The molecule has 5 rings (SSSR count). The zero-order chi connectivity index (χ0) is 26.0. The largest absolute Gasteiger partial charge is 0.480 e. The van der Waals surface area contributed by atoms with E-state index in [9.17, 15) is 9.59 Å². The van der Waals surface area contributed by atoms with Gasteiger partial charge in [-0.3, -0.25) is 9.59 Å². The molecule has 6 nitrogen and oxygen atoms in total. The summed E-state index contributed by atoms with van der Waals surface area (Å²) in [5.74, 6) is -0.901. The maximum Gasteiger partial charge on any atom is 0.322 e. The molecule has 3 aromatic rings. The van der Waals surface area contributed by atoms with E-state index >= 15 is 0 Å². The van der Waals surface area contributed by atoms with Crippen molar-refractivity contribution in [3.05, 3.63) is 108 Å². The molecule has 1 saturated heterocycles. The maximum atomic E-state index is 14.5. The first-order chi connectivity index (χ1) is 17.9. The van der Waals surface area contributed by atoms with Gasteiger partial charge in [0, 0.05) is 18.3 Å². The molecule has 6 heteroatoms. The van der Waals surface area contributed by atoms with Crippen molar-refractivity contribution in [2.24, 2.45) is 5.41 Å². The maximum absolute atomic E-state index is 14.5. The van der Waals surface area contributed by atoms with Gasteiger partial charge in [0.05, 0.1) is 17.1 Å². The lowest BCUT2D eigenvalue weighted by Crippen LogP contribution is -2.38. The summed E-state index contributed by atoms with van der Waals surface area (Å²) in [5, 5.41) is 15.9. The van der Waals surface area contributed by atoms with Crippen molar-refractivity contribution in [3.8, 4) is 11.1 Å². The van der Waals surface area contributed by atoms with Crippen molar-refractivity contribution < 1.29 is 14.7 Å². The highest BCUT2D eigenvalue weighted by Crippen LogP contribution is 2.53. The van der Waals surface area contributed by atoms with E-state index in [2.05, 4.69) is 47.6 Å². The molecule has 1 aliphatic heterocycles. The molecule has 2 unspecified atom stereocenters. The number of para-hydroxylation sites is 1. The van der Waals surface area contributed by atoms with Gasteiger partial charge in [0.25, 0.3) is 5.91 Å². The number of hydrogen-bond acceptors (Lipinski definition) is 4. The summed E-state index contributed by atoms with van der Waals surface area (Å²) in [5.41, 5.74) is 4.64. The lowest BCUT2D eigenvalue weighted by atomic mass is 9.71. The lowest BCUT2D eigenvalue weighted by molar-refractivity contribution is -0.135. The number of aliphatic carboxylic acids is 1. The van der Waals surface area contributed by atoms with Crippen LogP contribution in [0.15, 0.2) is 103 Å². The Morgan fingerprint density at radius 2 is 1.78 bits per heavy atom. The van der Waals surface area contributed by atoms with Crippen molar-refractivity contribution in [1.82, 2.24) is 5.01 Å². The average Bonchev–Trinajstić information content (AvgIpc) is 3.13. The summed E-state index contributed by atoms with van der Waals surface area (Å²) >= 11 is 0. The quantitative estimate of drug-likeness (QED) is 0.418. The van der Waals surface area contributed by atoms with Crippen LogP contribution in [0.2, 0.25) is 0 Å². The number of carboxylic acid groups (broad SMARTS) is 1. The van der Waals surface area contributed by atoms with Gasteiger partial charge in [0.1, 0.15) is 6.54 Å². The van der Waals surface area contributed by atoms with Crippen LogP contribution in [-0.2, 0) is 9.59 Å². The first kappa shape index (κ1) is 24.5. The number of carboxylic acids is 1. The molecule has 3 aromatic carbocycles. The minimum atomic E-state index is -0.924. The Hall–Kier alpha value is -4.16. The number of nitrogens with one attached hydrogen (secondary N) is 1. The van der Waals surface area contributed by atoms with E-state index in [0.717, 1.165) is 40.8 Å². The molecular weight excluding hydrogens is 462 g/mol. The normalized spacial score (nSPS) is 21.7. The second-order valence-electron chi connectivity index (χ2n) is 9.69. The Bertz CT molecular complexity index is 1380. The highest BCUT2D eigenvalue weighted by Gasteiger charge is 2.57. The molecule has 1 amide bonds. The first-order valence-corrected chi connectivity index (χ1v) is 12.6. The molecule has 0 saturated carbocycles. The topological polar surface area (TPSA) is 72.9 Å². The van der Waals surface area contributed by atoms with Crippen LogP contribution in [0.3, 0.4) is 0 Å². The van der Waals surface area contributed by atoms with Crippen LogP contribution in [0.1, 0.15) is 31.4 Å². The SMILES string of the molecule is CN1C(c2ccccc2)C(C)(C2=CCCC=C2)C(=O)N1c1ccccc1-c1cccc(NCC(=O)O)c1. The van der Waals surface area contributed by atoms with Gasteiger partial charge in [0.2, 0.25) is 0 Å². The first-order valence-electron chi connectivity index (χ1n) is 12.6. The third kappa shape index (κ3) is 4.45. The van der Waals surface area contributed by atoms with E-state index in [-0.39, 0.29) is 18.5 Å². The summed E-state index contributed by atoms with van der Waals surface area (Å²) in [6.07, 6.45) is 8.38. The number of anilines is 2. The molecule has 2 N–H and O–H groups in total. The standard InChI is InChI=1S/C31H31N3O3/c1-31(24-15-7-4-8-16-24)29(22-12-5-3-6-13-22)33(2)34(30(31)37)27-19-10-9-18-26(27)23-14-11-17-25(20-23)32-21-28(35)36/h3,5-7,9-20,29,32H,4,8,21H2,1-2H3,(H,35,36). The summed E-state index contributed by atoms with van der Waals surface area (Å²) in [7, 11) is 1.98. The molecule has 0 bridgehead atoms. The number of carbonyl (C=O) groups is 2. The molecule has 2 atom stereocenters. The number of rotatable bonds is 7. The predicted molar refractivity (Wildman–Crippen MR) is 147 cm³/mol. The summed E-state index contributed by atoms with van der Waals surface area (Å²) in [4.78, 5) is 25.5. The molecular formula is C31H31N3O3. The van der Waals surface area contributed by atoms with Gasteiger partial charge < -0.3 is 10.4 Å². The number of hydrazine groups is 1. The zero-order valence-electron chi connectivity index (χ0n) is 21.1. The van der Waals surface area contributed by atoms with Crippen LogP contribution in [0, 0.1) is 5.41 Å². The third-order valence-corrected chi connectivity index (χ3v) is 7.33. The van der Waals surface area contributed by atoms with Crippen molar-refractivity contribution in [1.29, 1.82) is 0 Å². The van der Waals surface area contributed by atoms with Crippen LogP contribution in [0.25, 0.3) is 11.1 Å².